The van der Waals surface area contributed by atoms with E-state index in [-0.39, 0.29) is 19.1 Å². The van der Waals surface area contributed by atoms with Crippen molar-refractivity contribution in [1.82, 2.24) is 0 Å². The molecule has 0 aliphatic carbocycles. The van der Waals surface area contributed by atoms with Gasteiger partial charge in [0.25, 0.3) is 5.78 Å². The third-order valence-electron chi connectivity index (χ3n) is 2.52. The summed E-state index contributed by atoms with van der Waals surface area (Å²) in [7, 11) is 0. The molecule has 6 nitrogen and oxygen atoms in total. The minimum Gasteiger partial charge on any atom is -0.457 e. The summed E-state index contributed by atoms with van der Waals surface area (Å²) in [6.45, 7) is 2.37. The lowest BCUT2D eigenvalue weighted by Crippen LogP contribution is -2.32. The molecule has 94 valence electrons. The van der Waals surface area contributed by atoms with Crippen LogP contribution in [-0.2, 0) is 19.1 Å². The highest BCUT2D eigenvalue weighted by atomic mass is 16.5. The molecule has 1 saturated heterocycles. The lowest BCUT2D eigenvalue weighted by molar-refractivity contribution is -0.142. The Labute approximate surface area is 99.5 Å². The Kier molecular flexibility index (Phi) is 5.52. The first-order chi connectivity index (χ1) is 8.19. The third-order valence-corrected chi connectivity index (χ3v) is 2.52. The topological polar surface area (TPSA) is 89.0 Å². The van der Waals surface area contributed by atoms with E-state index in [9.17, 15) is 9.59 Å². The van der Waals surface area contributed by atoms with E-state index >= 15 is 0 Å². The normalized spacial score (nSPS) is 19.2. The van der Waals surface area contributed by atoms with Crippen LogP contribution in [0.2, 0.25) is 0 Å². The molecule has 0 saturated carbocycles. The Hall–Kier alpha value is -1.52. The second-order valence-electron chi connectivity index (χ2n) is 3.78. The van der Waals surface area contributed by atoms with Crippen LogP contribution in [0, 0.1) is 0 Å². The van der Waals surface area contributed by atoms with Gasteiger partial charge in [-0.05, 0) is 26.2 Å². The van der Waals surface area contributed by atoms with Crippen molar-refractivity contribution in [2.75, 3.05) is 13.2 Å². The van der Waals surface area contributed by atoms with E-state index in [2.05, 4.69) is 9.53 Å². The Morgan fingerprint density at radius 2 is 2.24 bits per heavy atom. The molecule has 17 heavy (non-hydrogen) atoms. The van der Waals surface area contributed by atoms with Gasteiger partial charge in [-0.1, -0.05) is 0 Å². The molecule has 0 radical (unpaired) electrons. The predicted octanol–water partition coefficient (Wildman–Crippen LogP) is 0.749. The monoisotopic (exact) mass is 240 g/mol. The van der Waals surface area contributed by atoms with Crippen molar-refractivity contribution in [2.24, 2.45) is 0 Å². The molecule has 0 amide bonds. The van der Waals surface area contributed by atoms with E-state index < -0.39 is 17.5 Å². The molecule has 1 rings (SSSR count). The van der Waals surface area contributed by atoms with Crippen LogP contribution >= 0.6 is 0 Å². The fourth-order valence-corrected chi connectivity index (χ4v) is 1.68. The highest BCUT2D eigenvalue weighted by Crippen LogP contribution is 2.15. The summed E-state index contributed by atoms with van der Waals surface area (Å²) < 4.78 is 9.99. The minimum absolute atomic E-state index is 0.0538. The lowest BCUT2D eigenvalue weighted by Gasteiger charge is -2.20. The lowest BCUT2D eigenvalue weighted by atomic mass is 10.0. The number of rotatable bonds is 5. The smallest absolute Gasteiger partial charge is 0.441 e. The average molecular weight is 240 g/mol. The number of carbonyl (C=O) groups excluding carboxylic acids is 2. The van der Waals surface area contributed by atoms with Gasteiger partial charge in [-0.25, -0.2) is 4.79 Å². The first-order valence-corrected chi connectivity index (χ1v) is 5.73. The van der Waals surface area contributed by atoms with Gasteiger partial charge >= 0.3 is 11.7 Å². The Bertz CT molecular complexity index is 341. The maximum absolute atomic E-state index is 11.7. The maximum Gasteiger partial charge on any atom is 0.441 e. The van der Waals surface area contributed by atoms with Gasteiger partial charge < -0.3 is 15.0 Å². The molecule has 1 unspecified atom stereocenters. The second-order valence-corrected chi connectivity index (χ2v) is 3.78. The molecule has 0 aromatic heterocycles. The number of Topliss-reactive ketones (excluding diaryl/α,β-unsaturated/α-hetero) is 1. The van der Waals surface area contributed by atoms with Gasteiger partial charge in [0.05, 0.1) is 12.7 Å². The summed E-state index contributed by atoms with van der Waals surface area (Å²) in [5.41, 5.74) is 8.09. The van der Waals surface area contributed by atoms with Gasteiger partial charge in [0.15, 0.2) is 0 Å². The molecule has 1 heterocycles. The zero-order valence-electron chi connectivity index (χ0n) is 9.85. The first kappa shape index (κ1) is 13.5. The van der Waals surface area contributed by atoms with E-state index in [0.29, 0.717) is 6.61 Å². The van der Waals surface area contributed by atoms with Crippen LogP contribution in [0.15, 0.2) is 0 Å². The third kappa shape index (κ3) is 4.09. The molecule has 1 fully saturated rings. The summed E-state index contributed by atoms with van der Waals surface area (Å²) in [5.74, 6) is -1.44. The molecule has 1 atom stereocenters. The molecule has 0 bridgehead atoms. The highest BCUT2D eigenvalue weighted by molar-refractivity contribution is 6.62. The van der Waals surface area contributed by atoms with Gasteiger partial charge in [-0.3, -0.25) is 4.79 Å². The largest absolute Gasteiger partial charge is 0.457 e. The summed E-state index contributed by atoms with van der Waals surface area (Å²) in [4.78, 5) is 25.7. The number of ketones is 1. The molecule has 6 heteroatoms. The van der Waals surface area contributed by atoms with Crippen LogP contribution in [0.4, 0.5) is 0 Å². The van der Waals surface area contributed by atoms with Gasteiger partial charge in [0.2, 0.25) is 0 Å². The minimum atomic E-state index is -0.893. The molecular weight excluding hydrogens is 224 g/mol. The zero-order valence-corrected chi connectivity index (χ0v) is 9.85. The number of ether oxygens (including phenoxy) is 2. The predicted molar refractivity (Wildman–Crippen MR) is 58.5 cm³/mol. The van der Waals surface area contributed by atoms with E-state index in [1.807, 2.05) is 0 Å². The number of carbonyl (C=O) groups is 2. The summed E-state index contributed by atoms with van der Waals surface area (Å²) in [6.07, 6.45) is 2.64. The number of hydrogen-bond acceptors (Lipinski definition) is 4. The SMILES string of the molecule is CCOC(=O)C(=[N+]=[N-])C(=O)CC1CCCCO1. The number of nitrogens with zero attached hydrogens (tertiary/aromatic N) is 2. The summed E-state index contributed by atoms with van der Waals surface area (Å²) in [5, 5.41) is 0. The van der Waals surface area contributed by atoms with Crippen LogP contribution in [-0.4, -0.2) is 41.6 Å². The summed E-state index contributed by atoms with van der Waals surface area (Å²) in [6, 6.07) is 0. The highest BCUT2D eigenvalue weighted by Gasteiger charge is 2.33. The van der Waals surface area contributed by atoms with E-state index in [0.717, 1.165) is 19.3 Å². The van der Waals surface area contributed by atoms with E-state index in [1.54, 1.807) is 6.92 Å². The Balaban J connectivity index is 2.54. The van der Waals surface area contributed by atoms with Gasteiger partial charge in [-0.2, -0.15) is 4.79 Å². The van der Waals surface area contributed by atoms with Gasteiger partial charge in [0, 0.05) is 13.0 Å². The van der Waals surface area contributed by atoms with Crippen molar-refractivity contribution in [3.8, 4) is 0 Å². The molecule has 0 N–H and O–H groups in total. The van der Waals surface area contributed by atoms with Crippen LogP contribution in [0.3, 0.4) is 0 Å². The summed E-state index contributed by atoms with van der Waals surface area (Å²) >= 11 is 0. The van der Waals surface area contributed by atoms with Crippen LogP contribution in [0.25, 0.3) is 5.53 Å². The van der Waals surface area contributed by atoms with Crippen molar-refractivity contribution < 1.29 is 23.9 Å². The Morgan fingerprint density at radius 1 is 1.47 bits per heavy atom. The quantitative estimate of drug-likeness (QED) is 0.233. The molecular formula is C11H16N2O4. The van der Waals surface area contributed by atoms with Crippen LogP contribution in [0.5, 0.6) is 0 Å². The standard InChI is InChI=1S/C11H16N2O4/c1-2-16-11(15)10(13-12)9(14)7-8-5-3-4-6-17-8/h8H,2-7H2,1H3. The zero-order chi connectivity index (χ0) is 12.7. The maximum atomic E-state index is 11.7. The van der Waals surface area contributed by atoms with Crippen molar-refractivity contribution in [2.45, 2.75) is 38.7 Å². The molecule has 0 aromatic rings. The molecule has 1 aliphatic rings. The van der Waals surface area contributed by atoms with Gasteiger partial charge in [-0.15, -0.1) is 0 Å². The number of hydrogen-bond donors (Lipinski definition) is 0. The van der Waals surface area contributed by atoms with Crippen molar-refractivity contribution in [3.05, 3.63) is 5.53 Å². The van der Waals surface area contributed by atoms with Gasteiger partial charge in [0.1, 0.15) is 0 Å². The second kappa shape index (κ2) is 6.93. The fourth-order valence-electron chi connectivity index (χ4n) is 1.68. The fraction of sp³-hybridized carbons (Fsp3) is 0.727. The van der Waals surface area contributed by atoms with Crippen LogP contribution < -0.4 is 0 Å². The molecule has 1 aliphatic heterocycles. The first-order valence-electron chi connectivity index (χ1n) is 5.73. The molecule has 0 spiro atoms. The van der Waals surface area contributed by atoms with Crippen LogP contribution in [0.1, 0.15) is 32.6 Å². The van der Waals surface area contributed by atoms with E-state index in [4.69, 9.17) is 10.3 Å². The van der Waals surface area contributed by atoms with Crippen molar-refractivity contribution in [1.29, 1.82) is 0 Å². The molecule has 0 aromatic carbocycles. The van der Waals surface area contributed by atoms with Crippen molar-refractivity contribution in [3.63, 3.8) is 0 Å². The average Bonchev–Trinajstić information content (AvgIpc) is 2.31. The Morgan fingerprint density at radius 3 is 2.76 bits per heavy atom. The van der Waals surface area contributed by atoms with E-state index in [1.165, 1.54) is 0 Å². The number of esters is 1. The van der Waals surface area contributed by atoms with Crippen molar-refractivity contribution >= 4 is 17.5 Å².